The lowest BCUT2D eigenvalue weighted by Crippen LogP contribution is -2.47. The lowest BCUT2D eigenvalue weighted by molar-refractivity contribution is 0.136. The molecule has 2 unspecified atom stereocenters. The fraction of sp³-hybridized carbons (Fsp3) is 0.400. The number of carbonyl (C=O) groups is 1. The van der Waals surface area contributed by atoms with Gasteiger partial charge in [-0.2, -0.15) is 4.98 Å². The Hall–Kier alpha value is -3.29. The fourth-order valence-electron chi connectivity index (χ4n) is 4.29. The fourth-order valence-corrected chi connectivity index (χ4v) is 4.29. The van der Waals surface area contributed by atoms with Crippen LogP contribution in [0.15, 0.2) is 47.0 Å². The predicted molar refractivity (Wildman–Crippen MR) is 121 cm³/mol. The molecule has 8 heteroatoms. The number of rotatable bonds is 5. The average molecular weight is 455 g/mol. The molecule has 1 aliphatic heterocycles. The van der Waals surface area contributed by atoms with E-state index in [2.05, 4.69) is 41.3 Å². The summed E-state index contributed by atoms with van der Waals surface area (Å²) in [5.41, 5.74) is 2.07. The van der Waals surface area contributed by atoms with Crippen molar-refractivity contribution in [3.63, 3.8) is 0 Å². The van der Waals surface area contributed by atoms with Crippen molar-refractivity contribution in [2.24, 2.45) is 0 Å². The molecule has 2 heterocycles. The highest BCUT2D eigenvalue weighted by atomic mass is 19.1. The Balaban J connectivity index is 1.65. The molecule has 0 saturated carbocycles. The lowest BCUT2D eigenvalue weighted by Gasteiger charge is -2.38. The average Bonchev–Trinajstić information content (AvgIpc) is 3.32. The van der Waals surface area contributed by atoms with E-state index in [1.165, 1.54) is 11.6 Å². The van der Waals surface area contributed by atoms with Crippen molar-refractivity contribution in [1.29, 1.82) is 0 Å². The number of amides is 2. The van der Waals surface area contributed by atoms with Gasteiger partial charge in [-0.15, -0.1) is 0 Å². The SMILES string of the molecule is CCc1ccc(C2CC(c3nc(-c4c(F)cccc4F)no3)CN(C(=O)N(C)CC)C2)cc1. The van der Waals surface area contributed by atoms with E-state index < -0.39 is 11.6 Å². The predicted octanol–water partition coefficient (Wildman–Crippen LogP) is 5.22. The Kier molecular flexibility index (Phi) is 6.72. The summed E-state index contributed by atoms with van der Waals surface area (Å²) in [6.07, 6.45) is 1.64. The molecule has 3 aromatic rings. The molecule has 2 amide bonds. The van der Waals surface area contributed by atoms with Gasteiger partial charge in [0.05, 0.1) is 11.5 Å². The monoisotopic (exact) mass is 454 g/mol. The van der Waals surface area contributed by atoms with E-state index >= 15 is 0 Å². The molecule has 1 saturated heterocycles. The summed E-state index contributed by atoms with van der Waals surface area (Å²) in [5.74, 6) is -1.52. The zero-order chi connectivity index (χ0) is 23.5. The molecule has 0 N–H and O–H groups in total. The van der Waals surface area contributed by atoms with Gasteiger partial charge in [0.25, 0.3) is 0 Å². The van der Waals surface area contributed by atoms with E-state index in [-0.39, 0.29) is 35.1 Å². The molecular weight excluding hydrogens is 426 g/mol. The zero-order valence-corrected chi connectivity index (χ0v) is 19.1. The third-order valence-electron chi connectivity index (χ3n) is 6.36. The van der Waals surface area contributed by atoms with Crippen LogP contribution in [0.2, 0.25) is 0 Å². The first-order valence-corrected chi connectivity index (χ1v) is 11.3. The number of urea groups is 1. The summed E-state index contributed by atoms with van der Waals surface area (Å²) in [7, 11) is 1.77. The van der Waals surface area contributed by atoms with Gasteiger partial charge >= 0.3 is 6.03 Å². The molecule has 33 heavy (non-hydrogen) atoms. The van der Waals surface area contributed by atoms with E-state index in [4.69, 9.17) is 4.52 Å². The minimum Gasteiger partial charge on any atom is -0.339 e. The third-order valence-corrected chi connectivity index (χ3v) is 6.36. The standard InChI is InChI=1S/C25H28F2N4O2/c1-4-16-9-11-17(12-10-16)18-13-19(15-31(14-18)25(32)30(3)5-2)24-28-23(29-33-24)22-20(26)7-6-8-21(22)27/h6-12,18-19H,4-5,13-15H2,1-3H3. The summed E-state index contributed by atoms with van der Waals surface area (Å²) in [5, 5.41) is 3.84. The Morgan fingerprint density at radius 3 is 2.39 bits per heavy atom. The Morgan fingerprint density at radius 2 is 1.76 bits per heavy atom. The molecule has 0 radical (unpaired) electrons. The van der Waals surface area contributed by atoms with Crippen molar-refractivity contribution in [2.45, 2.75) is 38.5 Å². The number of likely N-dealkylation sites (tertiary alicyclic amines) is 1. The lowest BCUT2D eigenvalue weighted by atomic mass is 9.84. The second-order valence-electron chi connectivity index (χ2n) is 8.48. The van der Waals surface area contributed by atoms with Crippen molar-refractivity contribution in [1.82, 2.24) is 19.9 Å². The molecular formula is C25H28F2N4O2. The number of benzene rings is 2. The molecule has 0 bridgehead atoms. The number of halogens is 2. The van der Waals surface area contributed by atoms with Crippen LogP contribution >= 0.6 is 0 Å². The molecule has 174 valence electrons. The van der Waals surface area contributed by atoms with Crippen molar-refractivity contribution < 1.29 is 18.1 Å². The number of nitrogens with zero attached hydrogens (tertiary/aromatic N) is 4. The van der Waals surface area contributed by atoms with Gasteiger partial charge in [-0.1, -0.05) is 42.4 Å². The summed E-state index contributed by atoms with van der Waals surface area (Å²) in [6, 6.07) is 12.0. The van der Waals surface area contributed by atoms with Crippen LogP contribution in [0.4, 0.5) is 13.6 Å². The summed E-state index contributed by atoms with van der Waals surface area (Å²) < 4.78 is 33.9. The first-order valence-electron chi connectivity index (χ1n) is 11.3. The minimum absolute atomic E-state index is 0.0720. The van der Waals surface area contributed by atoms with E-state index in [9.17, 15) is 13.6 Å². The van der Waals surface area contributed by atoms with Crippen LogP contribution in [0.1, 0.15) is 49.1 Å². The maximum Gasteiger partial charge on any atom is 0.319 e. The Morgan fingerprint density at radius 1 is 1.09 bits per heavy atom. The molecule has 1 aliphatic rings. The molecule has 6 nitrogen and oxygen atoms in total. The highest BCUT2D eigenvalue weighted by Crippen LogP contribution is 2.36. The van der Waals surface area contributed by atoms with Crippen LogP contribution in [-0.2, 0) is 6.42 Å². The smallest absolute Gasteiger partial charge is 0.319 e. The van der Waals surface area contributed by atoms with Crippen LogP contribution < -0.4 is 0 Å². The van der Waals surface area contributed by atoms with Gasteiger partial charge in [0.2, 0.25) is 11.7 Å². The number of hydrogen-bond donors (Lipinski definition) is 0. The summed E-state index contributed by atoms with van der Waals surface area (Å²) >= 11 is 0. The number of hydrogen-bond acceptors (Lipinski definition) is 4. The van der Waals surface area contributed by atoms with Crippen LogP contribution in [0, 0.1) is 11.6 Å². The molecule has 2 aromatic carbocycles. The molecule has 4 rings (SSSR count). The molecule has 1 fully saturated rings. The van der Waals surface area contributed by atoms with Crippen molar-refractivity contribution in [3.8, 4) is 11.4 Å². The van der Waals surface area contributed by atoms with E-state index in [1.54, 1.807) is 16.8 Å². The molecule has 2 atom stereocenters. The van der Waals surface area contributed by atoms with Gasteiger partial charge in [0.1, 0.15) is 11.6 Å². The van der Waals surface area contributed by atoms with E-state index in [1.807, 2.05) is 6.92 Å². The van der Waals surface area contributed by atoms with Crippen LogP contribution in [0.5, 0.6) is 0 Å². The third kappa shape index (κ3) is 4.74. The van der Waals surface area contributed by atoms with Crippen LogP contribution in [0.3, 0.4) is 0 Å². The second kappa shape index (κ2) is 9.68. The molecule has 0 spiro atoms. The first-order chi connectivity index (χ1) is 15.9. The summed E-state index contributed by atoms with van der Waals surface area (Å²) in [6.45, 7) is 5.60. The largest absolute Gasteiger partial charge is 0.339 e. The number of carbonyl (C=O) groups excluding carboxylic acids is 1. The molecule has 1 aromatic heterocycles. The van der Waals surface area contributed by atoms with Gasteiger partial charge in [0, 0.05) is 32.6 Å². The van der Waals surface area contributed by atoms with Gasteiger partial charge in [-0.05, 0) is 43.0 Å². The van der Waals surface area contributed by atoms with Crippen molar-refractivity contribution in [3.05, 3.63) is 71.1 Å². The maximum absolute atomic E-state index is 14.2. The van der Waals surface area contributed by atoms with Crippen LogP contribution in [0.25, 0.3) is 11.4 Å². The zero-order valence-electron chi connectivity index (χ0n) is 19.1. The van der Waals surface area contributed by atoms with Gasteiger partial charge in [0.15, 0.2) is 0 Å². The van der Waals surface area contributed by atoms with Crippen molar-refractivity contribution >= 4 is 6.03 Å². The quantitative estimate of drug-likeness (QED) is 0.530. The van der Waals surface area contributed by atoms with Crippen LogP contribution in [-0.4, -0.2) is 52.7 Å². The number of aromatic nitrogens is 2. The second-order valence-corrected chi connectivity index (χ2v) is 8.48. The molecule has 0 aliphatic carbocycles. The highest BCUT2D eigenvalue weighted by Gasteiger charge is 2.35. The normalized spacial score (nSPS) is 18.4. The van der Waals surface area contributed by atoms with Gasteiger partial charge < -0.3 is 14.3 Å². The Bertz CT molecular complexity index is 1100. The number of piperidine rings is 1. The maximum atomic E-state index is 14.2. The van der Waals surface area contributed by atoms with Gasteiger partial charge in [-0.25, -0.2) is 13.6 Å². The Labute approximate surface area is 192 Å². The highest BCUT2D eigenvalue weighted by molar-refractivity contribution is 5.74. The topological polar surface area (TPSA) is 62.5 Å². The number of aryl methyl sites for hydroxylation is 1. The van der Waals surface area contributed by atoms with E-state index in [0.29, 0.717) is 26.1 Å². The van der Waals surface area contributed by atoms with Crippen molar-refractivity contribution in [2.75, 3.05) is 26.7 Å². The van der Waals surface area contributed by atoms with E-state index in [0.717, 1.165) is 24.1 Å². The van der Waals surface area contributed by atoms with Gasteiger partial charge in [-0.3, -0.25) is 0 Å². The minimum atomic E-state index is -0.749. The first kappa shape index (κ1) is 22.9. The summed E-state index contributed by atoms with van der Waals surface area (Å²) in [4.78, 5) is 20.8.